The molecule has 0 spiro atoms. The van der Waals surface area contributed by atoms with E-state index >= 15 is 0 Å². The number of nitrogens with one attached hydrogen (secondary N) is 1. The van der Waals surface area contributed by atoms with E-state index in [4.69, 9.17) is 0 Å². The highest BCUT2D eigenvalue weighted by atomic mass is 16.3. The standard InChI is InChI=1S/C26H21N3O3/c1-16(30)21-22(17-10-4-2-5-11-17)23(28-25(31)18-12-6-3-7-13-18)26(32)29-20-15-9-8-14-19(20)27-24(21)29/h2-15,22-23,30H,1H3,(H,28,31)/t22-,23-/m0/s1. The lowest BCUT2D eigenvalue weighted by Crippen LogP contribution is -2.50. The summed E-state index contributed by atoms with van der Waals surface area (Å²) in [5.41, 5.74) is 3.07. The van der Waals surface area contributed by atoms with Crippen LogP contribution >= 0.6 is 0 Å². The summed E-state index contributed by atoms with van der Waals surface area (Å²) in [4.78, 5) is 31.5. The van der Waals surface area contributed by atoms with Gasteiger partial charge in [0.1, 0.15) is 11.9 Å². The van der Waals surface area contributed by atoms with Gasteiger partial charge in [0.05, 0.1) is 16.8 Å². The molecule has 0 bridgehead atoms. The average Bonchev–Trinajstić information content (AvgIpc) is 3.21. The molecule has 4 aromatic rings. The third kappa shape index (κ3) is 3.17. The average molecular weight is 423 g/mol. The van der Waals surface area contributed by atoms with Crippen LogP contribution < -0.4 is 5.32 Å². The van der Waals surface area contributed by atoms with Gasteiger partial charge in [-0.1, -0.05) is 60.7 Å². The molecular weight excluding hydrogens is 402 g/mol. The van der Waals surface area contributed by atoms with E-state index in [-0.39, 0.29) is 17.6 Å². The fourth-order valence-electron chi connectivity index (χ4n) is 4.38. The molecule has 3 aromatic carbocycles. The van der Waals surface area contributed by atoms with Crippen LogP contribution in [0, 0.1) is 0 Å². The van der Waals surface area contributed by atoms with Gasteiger partial charge in [-0.15, -0.1) is 0 Å². The molecule has 32 heavy (non-hydrogen) atoms. The number of hydrogen-bond donors (Lipinski definition) is 2. The smallest absolute Gasteiger partial charge is 0.256 e. The number of para-hydroxylation sites is 2. The molecule has 0 aliphatic carbocycles. The highest BCUT2D eigenvalue weighted by Crippen LogP contribution is 2.42. The van der Waals surface area contributed by atoms with Crippen molar-refractivity contribution in [3.8, 4) is 0 Å². The normalized spacial score (nSPS) is 19.5. The van der Waals surface area contributed by atoms with Gasteiger partial charge in [0.25, 0.3) is 11.8 Å². The van der Waals surface area contributed by atoms with Gasteiger partial charge >= 0.3 is 0 Å². The van der Waals surface area contributed by atoms with Crippen molar-refractivity contribution in [2.24, 2.45) is 0 Å². The Hall–Kier alpha value is -4.19. The summed E-state index contributed by atoms with van der Waals surface area (Å²) in [5.74, 6) is -0.785. The number of aliphatic hydroxyl groups excluding tert-OH is 1. The third-order valence-electron chi connectivity index (χ3n) is 5.80. The van der Waals surface area contributed by atoms with E-state index in [1.54, 1.807) is 31.2 Å². The minimum atomic E-state index is -0.924. The lowest BCUT2D eigenvalue weighted by Gasteiger charge is -2.34. The summed E-state index contributed by atoms with van der Waals surface area (Å²) in [6.45, 7) is 1.58. The van der Waals surface area contributed by atoms with Crippen molar-refractivity contribution in [1.29, 1.82) is 0 Å². The van der Waals surface area contributed by atoms with Gasteiger partial charge in [-0.25, -0.2) is 4.98 Å². The van der Waals surface area contributed by atoms with E-state index in [0.717, 1.165) is 5.56 Å². The van der Waals surface area contributed by atoms with Crippen molar-refractivity contribution in [3.05, 3.63) is 108 Å². The Kier molecular flexibility index (Phi) is 4.82. The first kappa shape index (κ1) is 19.8. The zero-order valence-electron chi connectivity index (χ0n) is 17.4. The fourth-order valence-corrected chi connectivity index (χ4v) is 4.38. The minimum Gasteiger partial charge on any atom is -0.512 e. The van der Waals surface area contributed by atoms with Crippen molar-refractivity contribution in [2.75, 3.05) is 0 Å². The number of amides is 1. The van der Waals surface area contributed by atoms with E-state index in [9.17, 15) is 14.7 Å². The van der Waals surface area contributed by atoms with Crippen molar-refractivity contribution >= 4 is 28.4 Å². The molecule has 1 aliphatic heterocycles. The number of rotatable bonds is 3. The molecule has 1 amide bonds. The SMILES string of the molecule is CC(O)=C1c2nc3ccccc3n2C(=O)[C@@H](NC(=O)c2ccccc2)[C@H]1c1ccccc1. The number of allylic oxidation sites excluding steroid dienone is 1. The van der Waals surface area contributed by atoms with Gasteiger partial charge < -0.3 is 10.4 Å². The van der Waals surface area contributed by atoms with Crippen LogP contribution in [0.15, 0.2) is 90.7 Å². The summed E-state index contributed by atoms with van der Waals surface area (Å²) in [7, 11) is 0. The maximum atomic E-state index is 13.8. The third-order valence-corrected chi connectivity index (χ3v) is 5.80. The summed E-state index contributed by atoms with van der Waals surface area (Å²) in [6, 6.07) is 24.6. The van der Waals surface area contributed by atoms with Crippen LogP contribution in [0.4, 0.5) is 0 Å². The summed E-state index contributed by atoms with van der Waals surface area (Å²) < 4.78 is 1.50. The summed E-state index contributed by atoms with van der Waals surface area (Å²) in [6.07, 6.45) is 0. The van der Waals surface area contributed by atoms with Gasteiger partial charge in [0, 0.05) is 17.1 Å². The van der Waals surface area contributed by atoms with Gasteiger partial charge in [-0.05, 0) is 36.8 Å². The number of benzene rings is 3. The Morgan fingerprint density at radius 2 is 1.56 bits per heavy atom. The summed E-state index contributed by atoms with van der Waals surface area (Å²) >= 11 is 0. The van der Waals surface area contributed by atoms with Gasteiger partial charge in [0.2, 0.25) is 0 Å². The number of hydrogen-bond acceptors (Lipinski definition) is 4. The lowest BCUT2D eigenvalue weighted by molar-refractivity contribution is 0.0790. The second-order valence-corrected chi connectivity index (χ2v) is 7.80. The molecule has 0 radical (unpaired) electrons. The van der Waals surface area contributed by atoms with Crippen LogP contribution in [-0.2, 0) is 0 Å². The number of carbonyl (C=O) groups is 2. The molecular formula is C26H21N3O3. The first-order valence-corrected chi connectivity index (χ1v) is 10.4. The zero-order chi connectivity index (χ0) is 22.2. The molecule has 5 rings (SSSR count). The minimum absolute atomic E-state index is 0.0573. The Bertz CT molecular complexity index is 1350. The van der Waals surface area contributed by atoms with Gasteiger partial charge in [-0.3, -0.25) is 14.2 Å². The van der Waals surface area contributed by atoms with E-state index in [1.165, 1.54) is 4.57 Å². The van der Waals surface area contributed by atoms with Crippen molar-refractivity contribution in [2.45, 2.75) is 18.9 Å². The molecule has 6 nitrogen and oxygen atoms in total. The maximum Gasteiger partial charge on any atom is 0.256 e. The number of aliphatic hydroxyl groups is 1. The molecule has 2 heterocycles. The van der Waals surface area contributed by atoms with Crippen LogP contribution in [0.5, 0.6) is 0 Å². The van der Waals surface area contributed by atoms with E-state index in [0.29, 0.717) is 28.0 Å². The summed E-state index contributed by atoms with van der Waals surface area (Å²) in [5, 5.41) is 13.7. The maximum absolute atomic E-state index is 13.8. The Morgan fingerprint density at radius 1 is 0.938 bits per heavy atom. The van der Waals surface area contributed by atoms with Crippen LogP contribution in [0.2, 0.25) is 0 Å². The van der Waals surface area contributed by atoms with Crippen LogP contribution in [-0.4, -0.2) is 32.5 Å². The van der Waals surface area contributed by atoms with Crippen LogP contribution in [0.3, 0.4) is 0 Å². The predicted molar refractivity (Wildman–Crippen MR) is 122 cm³/mol. The lowest BCUT2D eigenvalue weighted by atomic mass is 9.80. The molecule has 0 saturated carbocycles. The van der Waals surface area contributed by atoms with Gasteiger partial charge in [-0.2, -0.15) is 0 Å². The van der Waals surface area contributed by atoms with E-state index < -0.39 is 12.0 Å². The van der Waals surface area contributed by atoms with Crippen molar-refractivity contribution in [1.82, 2.24) is 14.9 Å². The number of carbonyl (C=O) groups excluding carboxylic acids is 2. The van der Waals surface area contributed by atoms with Crippen LogP contribution in [0.1, 0.15) is 39.4 Å². The molecule has 0 fully saturated rings. The fraction of sp³-hybridized carbons (Fsp3) is 0.115. The predicted octanol–water partition coefficient (Wildman–Crippen LogP) is 4.56. The zero-order valence-corrected chi connectivity index (χ0v) is 17.4. The van der Waals surface area contributed by atoms with Gasteiger partial charge in [0.15, 0.2) is 0 Å². The molecule has 6 heteroatoms. The van der Waals surface area contributed by atoms with E-state index in [2.05, 4.69) is 10.3 Å². The first-order valence-electron chi connectivity index (χ1n) is 10.4. The molecule has 2 atom stereocenters. The van der Waals surface area contributed by atoms with E-state index in [1.807, 2.05) is 60.7 Å². The molecule has 0 unspecified atom stereocenters. The molecule has 1 aromatic heterocycles. The quantitative estimate of drug-likeness (QED) is 0.473. The number of imidazole rings is 1. The number of aromatic nitrogens is 2. The topological polar surface area (TPSA) is 84.2 Å². The second kappa shape index (κ2) is 7.81. The Morgan fingerprint density at radius 3 is 2.25 bits per heavy atom. The van der Waals surface area contributed by atoms with Crippen LogP contribution in [0.25, 0.3) is 16.6 Å². The number of nitrogens with zero attached hydrogens (tertiary/aromatic N) is 2. The largest absolute Gasteiger partial charge is 0.512 e. The first-order chi connectivity index (χ1) is 15.6. The Balaban J connectivity index is 1.72. The molecule has 1 aliphatic rings. The van der Waals surface area contributed by atoms with Crippen molar-refractivity contribution in [3.63, 3.8) is 0 Å². The monoisotopic (exact) mass is 423 g/mol. The molecule has 158 valence electrons. The van der Waals surface area contributed by atoms with Crippen molar-refractivity contribution < 1.29 is 14.7 Å². The molecule has 0 saturated heterocycles. The second-order valence-electron chi connectivity index (χ2n) is 7.80. The highest BCUT2D eigenvalue weighted by molar-refractivity contribution is 6.05. The highest BCUT2D eigenvalue weighted by Gasteiger charge is 2.43. The molecule has 2 N–H and O–H groups in total. The Labute approximate surface area is 184 Å². The number of fused-ring (bicyclic) bond motifs is 3.